The predicted molar refractivity (Wildman–Crippen MR) is 71.9 cm³/mol. The third kappa shape index (κ3) is 3.29. The minimum atomic E-state index is 0.173. The largest absolute Gasteiger partial charge is 0.481 e. The van der Waals surface area contributed by atoms with Crippen LogP contribution in [0.4, 0.5) is 0 Å². The van der Waals surface area contributed by atoms with Gasteiger partial charge < -0.3 is 10.1 Å². The number of hydrogen-bond donors (Lipinski definition) is 1. The standard InChI is InChI=1S/C13H19N5O/c1-14-11(5-4-10-6-7-17-18(10)2)12-8-13(19-3)16-9-15-12/h6-9,11,14H,4-5H2,1-3H3. The molecule has 0 fully saturated rings. The van der Waals surface area contributed by atoms with E-state index >= 15 is 0 Å². The van der Waals surface area contributed by atoms with E-state index in [-0.39, 0.29) is 6.04 Å². The van der Waals surface area contributed by atoms with Crippen LogP contribution in [0, 0.1) is 0 Å². The van der Waals surface area contributed by atoms with Gasteiger partial charge in [0.2, 0.25) is 5.88 Å². The third-order valence-corrected chi connectivity index (χ3v) is 3.19. The summed E-state index contributed by atoms with van der Waals surface area (Å²) in [5, 5.41) is 7.45. The Kier molecular flexibility index (Phi) is 4.46. The molecule has 1 N–H and O–H groups in total. The van der Waals surface area contributed by atoms with E-state index in [1.807, 2.05) is 37.1 Å². The molecule has 102 valence electrons. The lowest BCUT2D eigenvalue weighted by Crippen LogP contribution is -2.19. The number of hydrogen-bond acceptors (Lipinski definition) is 5. The third-order valence-electron chi connectivity index (χ3n) is 3.19. The highest BCUT2D eigenvalue weighted by molar-refractivity contribution is 5.17. The minimum Gasteiger partial charge on any atom is -0.481 e. The van der Waals surface area contributed by atoms with E-state index in [9.17, 15) is 0 Å². The molecule has 1 atom stereocenters. The van der Waals surface area contributed by atoms with Gasteiger partial charge >= 0.3 is 0 Å². The fourth-order valence-corrected chi connectivity index (χ4v) is 2.03. The zero-order valence-corrected chi connectivity index (χ0v) is 11.5. The first-order valence-corrected chi connectivity index (χ1v) is 6.24. The molecule has 0 aromatic carbocycles. The summed E-state index contributed by atoms with van der Waals surface area (Å²) < 4.78 is 7.02. The molecule has 0 bridgehead atoms. The molecule has 0 saturated heterocycles. The maximum atomic E-state index is 5.13. The maximum absolute atomic E-state index is 5.13. The van der Waals surface area contributed by atoms with Crippen LogP contribution in [0.25, 0.3) is 0 Å². The summed E-state index contributed by atoms with van der Waals surface area (Å²) in [5.41, 5.74) is 2.15. The van der Waals surface area contributed by atoms with Crippen LogP contribution in [0.5, 0.6) is 5.88 Å². The number of aryl methyl sites for hydroxylation is 2. The number of nitrogens with one attached hydrogen (secondary N) is 1. The van der Waals surface area contributed by atoms with E-state index in [0.29, 0.717) is 5.88 Å². The zero-order chi connectivity index (χ0) is 13.7. The molecule has 2 aromatic rings. The van der Waals surface area contributed by atoms with Crippen LogP contribution in [0.15, 0.2) is 24.7 Å². The average Bonchev–Trinajstić information content (AvgIpc) is 2.85. The van der Waals surface area contributed by atoms with Gasteiger partial charge in [-0.3, -0.25) is 4.68 Å². The second-order valence-electron chi connectivity index (χ2n) is 4.31. The summed E-state index contributed by atoms with van der Waals surface area (Å²) in [7, 11) is 5.50. The molecule has 19 heavy (non-hydrogen) atoms. The van der Waals surface area contributed by atoms with Gasteiger partial charge in [-0.25, -0.2) is 9.97 Å². The summed E-state index contributed by atoms with van der Waals surface area (Å²) in [6.45, 7) is 0. The average molecular weight is 261 g/mol. The second kappa shape index (κ2) is 6.29. The molecule has 0 aliphatic carbocycles. The van der Waals surface area contributed by atoms with Crippen LogP contribution in [0.1, 0.15) is 23.9 Å². The molecule has 2 rings (SSSR count). The van der Waals surface area contributed by atoms with Crippen molar-refractivity contribution >= 4 is 0 Å². The Morgan fingerprint density at radius 1 is 1.42 bits per heavy atom. The molecule has 0 amide bonds. The van der Waals surface area contributed by atoms with E-state index in [1.54, 1.807) is 7.11 Å². The van der Waals surface area contributed by atoms with Crippen LogP contribution < -0.4 is 10.1 Å². The maximum Gasteiger partial charge on any atom is 0.216 e. The fourth-order valence-electron chi connectivity index (χ4n) is 2.03. The van der Waals surface area contributed by atoms with E-state index in [0.717, 1.165) is 18.5 Å². The topological polar surface area (TPSA) is 64.9 Å². The lowest BCUT2D eigenvalue weighted by molar-refractivity contribution is 0.393. The van der Waals surface area contributed by atoms with E-state index in [1.165, 1.54) is 12.0 Å². The van der Waals surface area contributed by atoms with Crippen LogP contribution in [0.3, 0.4) is 0 Å². The van der Waals surface area contributed by atoms with Gasteiger partial charge in [-0.2, -0.15) is 5.10 Å². The highest BCUT2D eigenvalue weighted by Gasteiger charge is 2.13. The van der Waals surface area contributed by atoms with E-state index < -0.39 is 0 Å². The Morgan fingerprint density at radius 3 is 2.89 bits per heavy atom. The first-order chi connectivity index (χ1) is 9.24. The van der Waals surface area contributed by atoms with Crippen molar-refractivity contribution in [3.63, 3.8) is 0 Å². The highest BCUT2D eigenvalue weighted by Crippen LogP contribution is 2.19. The summed E-state index contributed by atoms with van der Waals surface area (Å²) in [6.07, 6.45) is 5.23. The fraction of sp³-hybridized carbons (Fsp3) is 0.462. The number of methoxy groups -OCH3 is 1. The summed E-state index contributed by atoms with van der Waals surface area (Å²) in [4.78, 5) is 8.33. The molecular formula is C13H19N5O. The lowest BCUT2D eigenvalue weighted by Gasteiger charge is -2.15. The van der Waals surface area contributed by atoms with Crippen molar-refractivity contribution in [2.24, 2.45) is 7.05 Å². The Hall–Kier alpha value is -1.95. The molecule has 6 heteroatoms. The monoisotopic (exact) mass is 261 g/mol. The summed E-state index contributed by atoms with van der Waals surface area (Å²) in [6, 6.07) is 4.07. The van der Waals surface area contributed by atoms with Crippen molar-refractivity contribution in [1.82, 2.24) is 25.1 Å². The van der Waals surface area contributed by atoms with Gasteiger partial charge in [0.25, 0.3) is 0 Å². The Morgan fingerprint density at radius 2 is 2.26 bits per heavy atom. The van der Waals surface area contributed by atoms with Gasteiger partial charge in [0, 0.05) is 31.0 Å². The van der Waals surface area contributed by atoms with Crippen molar-refractivity contribution < 1.29 is 4.74 Å². The normalized spacial score (nSPS) is 12.4. The van der Waals surface area contributed by atoms with E-state index in [2.05, 4.69) is 20.4 Å². The van der Waals surface area contributed by atoms with E-state index in [4.69, 9.17) is 4.74 Å². The van der Waals surface area contributed by atoms with Crippen LogP contribution in [0.2, 0.25) is 0 Å². The Balaban J connectivity index is 2.05. The van der Waals surface area contributed by atoms with Gasteiger partial charge in [0.1, 0.15) is 6.33 Å². The van der Waals surface area contributed by atoms with Crippen LogP contribution in [-0.2, 0) is 13.5 Å². The lowest BCUT2D eigenvalue weighted by atomic mass is 10.1. The quantitative estimate of drug-likeness (QED) is 0.844. The molecule has 2 heterocycles. The first-order valence-electron chi connectivity index (χ1n) is 6.24. The molecule has 1 unspecified atom stereocenters. The molecule has 0 saturated carbocycles. The van der Waals surface area contributed by atoms with Gasteiger partial charge in [-0.15, -0.1) is 0 Å². The molecular weight excluding hydrogens is 242 g/mol. The smallest absolute Gasteiger partial charge is 0.216 e. The van der Waals surface area contributed by atoms with Crippen molar-refractivity contribution in [2.45, 2.75) is 18.9 Å². The summed E-state index contributed by atoms with van der Waals surface area (Å²) >= 11 is 0. The van der Waals surface area contributed by atoms with Gasteiger partial charge in [-0.05, 0) is 26.0 Å². The van der Waals surface area contributed by atoms with Gasteiger partial charge in [0.05, 0.1) is 12.8 Å². The number of nitrogens with zero attached hydrogens (tertiary/aromatic N) is 4. The second-order valence-corrected chi connectivity index (χ2v) is 4.31. The molecule has 0 aliphatic heterocycles. The van der Waals surface area contributed by atoms with Crippen molar-refractivity contribution in [1.29, 1.82) is 0 Å². The minimum absolute atomic E-state index is 0.173. The van der Waals surface area contributed by atoms with Gasteiger partial charge in [-0.1, -0.05) is 0 Å². The van der Waals surface area contributed by atoms with Crippen molar-refractivity contribution in [2.75, 3.05) is 14.2 Å². The van der Waals surface area contributed by atoms with Crippen LogP contribution in [-0.4, -0.2) is 33.9 Å². The SMILES string of the molecule is CNC(CCc1ccnn1C)c1cc(OC)ncn1. The van der Waals surface area contributed by atoms with Crippen molar-refractivity contribution in [3.8, 4) is 5.88 Å². The Labute approximate surface area is 112 Å². The predicted octanol–water partition coefficient (Wildman–Crippen LogP) is 1.11. The van der Waals surface area contributed by atoms with Crippen LogP contribution >= 0.6 is 0 Å². The number of rotatable bonds is 6. The van der Waals surface area contributed by atoms with Crippen molar-refractivity contribution in [3.05, 3.63) is 36.0 Å². The highest BCUT2D eigenvalue weighted by atomic mass is 16.5. The molecule has 0 radical (unpaired) electrons. The molecule has 2 aromatic heterocycles. The summed E-state index contributed by atoms with van der Waals surface area (Å²) in [5.74, 6) is 0.589. The molecule has 0 aliphatic rings. The Bertz CT molecular complexity index is 525. The van der Waals surface area contributed by atoms with Gasteiger partial charge in [0.15, 0.2) is 0 Å². The number of ether oxygens (including phenoxy) is 1. The molecule has 0 spiro atoms. The molecule has 6 nitrogen and oxygen atoms in total. The number of aromatic nitrogens is 4. The zero-order valence-electron chi connectivity index (χ0n) is 11.5. The first kappa shape index (κ1) is 13.5.